The summed E-state index contributed by atoms with van der Waals surface area (Å²) in [4.78, 5) is 8.72. The molecule has 2 N–H and O–H groups in total. The Morgan fingerprint density at radius 3 is 2.68 bits per heavy atom. The van der Waals surface area contributed by atoms with Crippen LogP contribution in [0.2, 0.25) is 0 Å². The first kappa shape index (κ1) is 13.4. The third kappa shape index (κ3) is 4.28. The fourth-order valence-corrected chi connectivity index (χ4v) is 1.73. The number of nitrogens with one attached hydrogen (secondary N) is 2. The molecule has 0 aliphatic carbocycles. The predicted octanol–water partition coefficient (Wildman–Crippen LogP) is 3.20. The van der Waals surface area contributed by atoms with E-state index in [1.54, 1.807) is 6.26 Å². The predicted molar refractivity (Wildman–Crippen MR) is 76.2 cm³/mol. The summed E-state index contributed by atoms with van der Waals surface area (Å²) in [6.07, 6.45) is 3.97. The topological polar surface area (TPSA) is 63.0 Å². The van der Waals surface area contributed by atoms with Crippen molar-refractivity contribution in [2.24, 2.45) is 0 Å². The number of furan rings is 1. The summed E-state index contributed by atoms with van der Waals surface area (Å²) in [5, 5.41) is 6.54. The van der Waals surface area contributed by atoms with Crippen molar-refractivity contribution in [1.82, 2.24) is 9.97 Å². The van der Waals surface area contributed by atoms with Crippen LogP contribution in [0.25, 0.3) is 0 Å². The zero-order valence-electron chi connectivity index (χ0n) is 11.4. The molecule has 0 unspecified atom stereocenters. The number of rotatable bonds is 7. The van der Waals surface area contributed by atoms with E-state index in [9.17, 15) is 0 Å². The van der Waals surface area contributed by atoms with Crippen molar-refractivity contribution in [3.63, 3.8) is 0 Å². The fourth-order valence-electron chi connectivity index (χ4n) is 1.73. The highest BCUT2D eigenvalue weighted by molar-refractivity contribution is 5.47. The number of aryl methyl sites for hydroxylation is 1. The van der Waals surface area contributed by atoms with Crippen LogP contribution >= 0.6 is 0 Å². The van der Waals surface area contributed by atoms with E-state index in [1.165, 1.54) is 6.42 Å². The molecule has 0 fully saturated rings. The maximum absolute atomic E-state index is 5.27. The first-order valence-electron chi connectivity index (χ1n) is 6.63. The van der Waals surface area contributed by atoms with Gasteiger partial charge in [0.05, 0.1) is 12.8 Å². The van der Waals surface area contributed by atoms with Crippen LogP contribution in [-0.2, 0) is 6.54 Å². The second kappa shape index (κ2) is 6.78. The van der Waals surface area contributed by atoms with Gasteiger partial charge in [0.15, 0.2) is 0 Å². The summed E-state index contributed by atoms with van der Waals surface area (Å²) in [5.41, 5.74) is 0. The molecule has 0 atom stereocenters. The third-order valence-electron chi connectivity index (χ3n) is 2.70. The Morgan fingerprint density at radius 2 is 2.00 bits per heavy atom. The van der Waals surface area contributed by atoms with Gasteiger partial charge in [-0.15, -0.1) is 0 Å². The van der Waals surface area contributed by atoms with Gasteiger partial charge in [0.1, 0.15) is 23.2 Å². The first-order valence-corrected chi connectivity index (χ1v) is 6.63. The SMILES string of the molecule is CCCCNc1cc(NCc2ccco2)nc(C)n1. The Balaban J connectivity index is 1.95. The highest BCUT2D eigenvalue weighted by Crippen LogP contribution is 2.12. The molecule has 0 radical (unpaired) electrons. The van der Waals surface area contributed by atoms with E-state index >= 15 is 0 Å². The normalized spacial score (nSPS) is 10.4. The van der Waals surface area contributed by atoms with Gasteiger partial charge in [0, 0.05) is 12.6 Å². The van der Waals surface area contributed by atoms with Crippen LogP contribution in [0.5, 0.6) is 0 Å². The minimum Gasteiger partial charge on any atom is -0.467 e. The average Bonchev–Trinajstić information content (AvgIpc) is 2.89. The summed E-state index contributed by atoms with van der Waals surface area (Å²) in [6, 6.07) is 5.73. The van der Waals surface area contributed by atoms with Crippen LogP contribution in [0.3, 0.4) is 0 Å². The molecule has 0 bridgehead atoms. The molecule has 2 aromatic heterocycles. The number of aromatic nitrogens is 2. The smallest absolute Gasteiger partial charge is 0.132 e. The minimum absolute atomic E-state index is 0.623. The molecule has 2 heterocycles. The molecule has 0 aromatic carbocycles. The van der Waals surface area contributed by atoms with Gasteiger partial charge in [-0.2, -0.15) is 0 Å². The molecule has 0 saturated carbocycles. The Morgan fingerprint density at radius 1 is 1.21 bits per heavy atom. The molecular weight excluding hydrogens is 240 g/mol. The molecule has 0 aliphatic rings. The van der Waals surface area contributed by atoms with Crippen molar-refractivity contribution in [3.8, 4) is 0 Å². The van der Waals surface area contributed by atoms with E-state index < -0.39 is 0 Å². The second-order valence-electron chi connectivity index (χ2n) is 4.40. The number of unbranched alkanes of at least 4 members (excludes halogenated alkanes) is 1. The van der Waals surface area contributed by atoms with Crippen molar-refractivity contribution < 1.29 is 4.42 Å². The van der Waals surface area contributed by atoms with Crippen molar-refractivity contribution in [2.45, 2.75) is 33.2 Å². The van der Waals surface area contributed by atoms with Crippen LogP contribution in [0.1, 0.15) is 31.4 Å². The molecule has 0 aliphatic heterocycles. The summed E-state index contributed by atoms with van der Waals surface area (Å²) in [5.74, 6) is 3.31. The number of anilines is 2. The van der Waals surface area contributed by atoms with Crippen molar-refractivity contribution in [1.29, 1.82) is 0 Å². The number of nitrogens with zero attached hydrogens (tertiary/aromatic N) is 2. The maximum Gasteiger partial charge on any atom is 0.132 e. The lowest BCUT2D eigenvalue weighted by Crippen LogP contribution is -2.07. The molecular formula is C14H20N4O. The van der Waals surface area contributed by atoms with Gasteiger partial charge in [0.25, 0.3) is 0 Å². The van der Waals surface area contributed by atoms with E-state index in [4.69, 9.17) is 4.42 Å². The summed E-state index contributed by atoms with van der Waals surface area (Å²) >= 11 is 0. The number of hydrogen-bond donors (Lipinski definition) is 2. The van der Waals surface area contributed by atoms with Crippen LogP contribution in [0.4, 0.5) is 11.6 Å². The lowest BCUT2D eigenvalue weighted by molar-refractivity contribution is 0.518. The summed E-state index contributed by atoms with van der Waals surface area (Å²) < 4.78 is 5.27. The standard InChI is InChI=1S/C14H20N4O/c1-3-4-7-15-13-9-14(18-11(2)17-13)16-10-12-6-5-8-19-12/h5-6,8-9H,3-4,7,10H2,1-2H3,(H2,15,16,17,18). The molecule has 0 saturated heterocycles. The minimum atomic E-state index is 0.623. The largest absolute Gasteiger partial charge is 0.467 e. The Labute approximate surface area is 113 Å². The fraction of sp³-hybridized carbons (Fsp3) is 0.429. The molecule has 5 nitrogen and oxygen atoms in total. The Bertz CT molecular complexity index is 496. The van der Waals surface area contributed by atoms with Crippen molar-refractivity contribution in [3.05, 3.63) is 36.0 Å². The van der Waals surface area contributed by atoms with Crippen molar-refractivity contribution >= 4 is 11.6 Å². The zero-order chi connectivity index (χ0) is 13.5. The number of hydrogen-bond acceptors (Lipinski definition) is 5. The van der Waals surface area contributed by atoms with Gasteiger partial charge in [-0.25, -0.2) is 9.97 Å². The average molecular weight is 260 g/mol. The van der Waals surface area contributed by atoms with Crippen molar-refractivity contribution in [2.75, 3.05) is 17.2 Å². The van der Waals surface area contributed by atoms with Crippen LogP contribution in [0.15, 0.2) is 28.9 Å². The van der Waals surface area contributed by atoms with Gasteiger partial charge in [0.2, 0.25) is 0 Å². The molecule has 2 rings (SSSR count). The molecule has 102 valence electrons. The van der Waals surface area contributed by atoms with E-state index in [-0.39, 0.29) is 0 Å². The summed E-state index contributed by atoms with van der Waals surface area (Å²) in [6.45, 7) is 5.62. The highest BCUT2D eigenvalue weighted by atomic mass is 16.3. The Kier molecular flexibility index (Phi) is 4.78. The second-order valence-corrected chi connectivity index (χ2v) is 4.40. The first-order chi connectivity index (χ1) is 9.28. The highest BCUT2D eigenvalue weighted by Gasteiger charge is 2.02. The van der Waals surface area contributed by atoms with E-state index in [2.05, 4.69) is 27.5 Å². The van der Waals surface area contributed by atoms with Crippen LogP contribution < -0.4 is 10.6 Å². The van der Waals surface area contributed by atoms with Gasteiger partial charge in [-0.1, -0.05) is 13.3 Å². The lowest BCUT2D eigenvalue weighted by Gasteiger charge is -2.09. The zero-order valence-corrected chi connectivity index (χ0v) is 11.4. The van der Waals surface area contributed by atoms with Gasteiger partial charge < -0.3 is 15.1 Å². The van der Waals surface area contributed by atoms with E-state index in [1.807, 2.05) is 25.1 Å². The van der Waals surface area contributed by atoms with Crippen LogP contribution in [-0.4, -0.2) is 16.5 Å². The molecule has 0 spiro atoms. The molecule has 19 heavy (non-hydrogen) atoms. The third-order valence-corrected chi connectivity index (χ3v) is 2.70. The lowest BCUT2D eigenvalue weighted by atomic mass is 10.3. The van der Waals surface area contributed by atoms with E-state index in [0.29, 0.717) is 6.54 Å². The van der Waals surface area contributed by atoms with Gasteiger partial charge >= 0.3 is 0 Å². The maximum atomic E-state index is 5.27. The quantitative estimate of drug-likeness (QED) is 0.748. The van der Waals surface area contributed by atoms with Gasteiger partial charge in [-0.05, 0) is 25.5 Å². The Hall–Kier alpha value is -2.04. The van der Waals surface area contributed by atoms with Gasteiger partial charge in [-0.3, -0.25) is 0 Å². The molecule has 2 aromatic rings. The van der Waals surface area contributed by atoms with E-state index in [0.717, 1.165) is 36.2 Å². The van der Waals surface area contributed by atoms with Crippen LogP contribution in [0, 0.1) is 6.92 Å². The summed E-state index contributed by atoms with van der Waals surface area (Å²) in [7, 11) is 0. The monoisotopic (exact) mass is 260 g/mol. The molecule has 0 amide bonds. The molecule has 5 heteroatoms.